The summed E-state index contributed by atoms with van der Waals surface area (Å²) in [6.07, 6.45) is 2.05. The minimum Gasteiger partial charge on any atom is -0.351 e. The highest BCUT2D eigenvalue weighted by Gasteiger charge is 2.22. The fourth-order valence-corrected chi connectivity index (χ4v) is 3.07. The molecule has 0 unspecified atom stereocenters. The van der Waals surface area contributed by atoms with Crippen LogP contribution in [-0.4, -0.2) is 28.0 Å². The van der Waals surface area contributed by atoms with E-state index in [0.717, 1.165) is 18.5 Å². The highest BCUT2D eigenvalue weighted by Crippen LogP contribution is 2.27. The lowest BCUT2D eigenvalue weighted by molar-refractivity contribution is -0.119. The van der Waals surface area contributed by atoms with Crippen molar-refractivity contribution < 1.29 is 9.59 Å². The predicted molar refractivity (Wildman–Crippen MR) is 84.8 cm³/mol. The molecule has 0 spiro atoms. The standard InChI is InChI=1S/C16H19N3O2S/c1-16(2,3)19-14(21)9-22-15-10(8-17)7-11-12(18-15)5-4-6-13(11)20/h7H,4-6,9H2,1-3H3,(H,19,21). The second-order valence-corrected chi connectivity index (χ2v) is 7.27. The molecule has 0 fully saturated rings. The Morgan fingerprint density at radius 3 is 2.82 bits per heavy atom. The zero-order chi connectivity index (χ0) is 16.3. The average molecular weight is 317 g/mol. The summed E-state index contributed by atoms with van der Waals surface area (Å²) >= 11 is 1.24. The number of rotatable bonds is 3. The molecule has 1 aromatic rings. The first kappa shape index (κ1) is 16.5. The molecule has 0 bridgehead atoms. The number of carbonyl (C=O) groups excluding carboxylic acids is 2. The second kappa shape index (κ2) is 6.49. The van der Waals surface area contributed by atoms with Crippen LogP contribution in [-0.2, 0) is 11.2 Å². The van der Waals surface area contributed by atoms with Crippen molar-refractivity contribution in [2.24, 2.45) is 0 Å². The molecule has 1 heterocycles. The number of thioether (sulfide) groups is 1. The minimum absolute atomic E-state index is 0.0484. The number of amides is 1. The summed E-state index contributed by atoms with van der Waals surface area (Å²) in [5.74, 6) is 0.148. The van der Waals surface area contributed by atoms with Gasteiger partial charge in [-0.15, -0.1) is 0 Å². The van der Waals surface area contributed by atoms with Crippen molar-refractivity contribution in [3.63, 3.8) is 0 Å². The zero-order valence-corrected chi connectivity index (χ0v) is 13.8. The maximum Gasteiger partial charge on any atom is 0.230 e. The van der Waals surface area contributed by atoms with Crippen molar-refractivity contribution in [3.05, 3.63) is 22.9 Å². The van der Waals surface area contributed by atoms with Crippen molar-refractivity contribution in [3.8, 4) is 6.07 Å². The van der Waals surface area contributed by atoms with Gasteiger partial charge in [0.15, 0.2) is 5.78 Å². The van der Waals surface area contributed by atoms with Gasteiger partial charge in [-0.3, -0.25) is 9.59 Å². The molecule has 1 aliphatic rings. The molecule has 5 nitrogen and oxygen atoms in total. The van der Waals surface area contributed by atoms with Crippen LogP contribution in [0.2, 0.25) is 0 Å². The topological polar surface area (TPSA) is 82.8 Å². The Bertz CT molecular complexity index is 657. The first-order chi connectivity index (χ1) is 10.3. The maximum atomic E-state index is 11.9. The van der Waals surface area contributed by atoms with Gasteiger partial charge in [0, 0.05) is 17.5 Å². The molecule has 1 aliphatic carbocycles. The molecule has 0 atom stereocenters. The number of aromatic nitrogens is 1. The second-order valence-electron chi connectivity index (χ2n) is 6.31. The highest BCUT2D eigenvalue weighted by atomic mass is 32.2. The van der Waals surface area contributed by atoms with Gasteiger partial charge in [0.1, 0.15) is 11.1 Å². The van der Waals surface area contributed by atoms with E-state index in [1.165, 1.54) is 11.8 Å². The molecular formula is C16H19N3O2S. The van der Waals surface area contributed by atoms with Gasteiger partial charge >= 0.3 is 0 Å². The molecule has 6 heteroatoms. The van der Waals surface area contributed by atoms with E-state index in [0.29, 0.717) is 22.6 Å². The van der Waals surface area contributed by atoms with Crippen LogP contribution in [0.3, 0.4) is 0 Å². The van der Waals surface area contributed by atoms with Gasteiger partial charge in [-0.2, -0.15) is 5.26 Å². The fourth-order valence-electron chi connectivity index (χ4n) is 2.29. The summed E-state index contributed by atoms with van der Waals surface area (Å²) in [7, 11) is 0. The summed E-state index contributed by atoms with van der Waals surface area (Å²) < 4.78 is 0. The molecular weight excluding hydrogens is 298 g/mol. The van der Waals surface area contributed by atoms with Gasteiger partial charge in [-0.25, -0.2) is 4.98 Å². The number of fused-ring (bicyclic) bond motifs is 1. The first-order valence-electron chi connectivity index (χ1n) is 7.21. The van der Waals surface area contributed by atoms with E-state index in [-0.39, 0.29) is 23.0 Å². The molecule has 1 amide bonds. The molecule has 1 aromatic heterocycles. The number of aryl methyl sites for hydroxylation is 1. The van der Waals surface area contributed by atoms with Crippen LogP contribution >= 0.6 is 11.8 Å². The lowest BCUT2D eigenvalue weighted by Crippen LogP contribution is -2.41. The number of hydrogen-bond donors (Lipinski definition) is 1. The molecule has 1 N–H and O–H groups in total. The smallest absolute Gasteiger partial charge is 0.230 e. The molecule has 0 aromatic carbocycles. The molecule has 116 valence electrons. The van der Waals surface area contributed by atoms with Crippen molar-refractivity contribution >= 4 is 23.5 Å². The van der Waals surface area contributed by atoms with Crippen LogP contribution in [0.1, 0.15) is 55.2 Å². The number of ketones is 1. The van der Waals surface area contributed by atoms with E-state index in [2.05, 4.69) is 16.4 Å². The molecule has 0 saturated carbocycles. The van der Waals surface area contributed by atoms with Crippen LogP contribution in [0.4, 0.5) is 0 Å². The Kier molecular flexibility index (Phi) is 4.87. The van der Waals surface area contributed by atoms with E-state index >= 15 is 0 Å². The fraction of sp³-hybridized carbons (Fsp3) is 0.500. The lowest BCUT2D eigenvalue weighted by Gasteiger charge is -2.20. The molecule has 0 saturated heterocycles. The third kappa shape index (κ3) is 4.08. The summed E-state index contributed by atoms with van der Waals surface area (Å²) in [6, 6.07) is 3.69. The van der Waals surface area contributed by atoms with Crippen molar-refractivity contribution in [1.29, 1.82) is 5.26 Å². The molecule has 0 radical (unpaired) electrons. The number of carbonyl (C=O) groups is 2. The lowest BCUT2D eigenvalue weighted by atomic mass is 9.94. The van der Waals surface area contributed by atoms with Crippen LogP contribution in [0.5, 0.6) is 0 Å². The minimum atomic E-state index is -0.286. The van der Waals surface area contributed by atoms with Crippen LogP contribution in [0, 0.1) is 11.3 Å². The van der Waals surface area contributed by atoms with Crippen LogP contribution in [0.15, 0.2) is 11.1 Å². The van der Waals surface area contributed by atoms with E-state index < -0.39 is 0 Å². The average Bonchev–Trinajstić information content (AvgIpc) is 2.43. The third-order valence-corrected chi connectivity index (χ3v) is 4.15. The molecule has 0 aliphatic heterocycles. The Balaban J connectivity index is 2.16. The van der Waals surface area contributed by atoms with Crippen LogP contribution in [0.25, 0.3) is 0 Å². The number of nitriles is 1. The van der Waals surface area contributed by atoms with Gasteiger partial charge < -0.3 is 5.32 Å². The third-order valence-electron chi connectivity index (χ3n) is 3.16. The van der Waals surface area contributed by atoms with Crippen LogP contribution < -0.4 is 5.32 Å². The monoisotopic (exact) mass is 317 g/mol. The van der Waals surface area contributed by atoms with Gasteiger partial charge in [0.05, 0.1) is 17.0 Å². The summed E-state index contributed by atoms with van der Waals surface area (Å²) in [5.41, 5.74) is 1.38. The Morgan fingerprint density at radius 2 is 2.18 bits per heavy atom. The summed E-state index contributed by atoms with van der Waals surface area (Å²) in [5, 5.41) is 12.6. The summed E-state index contributed by atoms with van der Waals surface area (Å²) in [6.45, 7) is 5.75. The number of pyridine rings is 1. The Labute approximate surface area is 134 Å². The number of nitrogens with one attached hydrogen (secondary N) is 1. The zero-order valence-electron chi connectivity index (χ0n) is 13.0. The number of nitrogens with zero attached hydrogens (tertiary/aromatic N) is 2. The van der Waals surface area contributed by atoms with Gasteiger partial charge in [0.2, 0.25) is 5.91 Å². The molecule has 22 heavy (non-hydrogen) atoms. The SMILES string of the molecule is CC(C)(C)NC(=O)CSc1nc2c(cc1C#N)C(=O)CCC2. The summed E-state index contributed by atoms with van der Waals surface area (Å²) in [4.78, 5) is 28.2. The number of Topliss-reactive ketones (excluding diaryl/α,β-unsaturated/α-hetero) is 1. The van der Waals surface area contributed by atoms with E-state index in [1.807, 2.05) is 20.8 Å². The maximum absolute atomic E-state index is 11.9. The van der Waals surface area contributed by atoms with Gasteiger partial charge in [-0.05, 0) is 39.7 Å². The highest BCUT2D eigenvalue weighted by molar-refractivity contribution is 8.00. The van der Waals surface area contributed by atoms with E-state index in [4.69, 9.17) is 0 Å². The van der Waals surface area contributed by atoms with Gasteiger partial charge in [-0.1, -0.05) is 11.8 Å². The molecule has 2 rings (SSSR count). The Hall–Kier alpha value is -1.87. The van der Waals surface area contributed by atoms with Crippen molar-refractivity contribution in [1.82, 2.24) is 10.3 Å². The van der Waals surface area contributed by atoms with Crippen molar-refractivity contribution in [2.75, 3.05) is 5.75 Å². The normalized spacial score (nSPS) is 14.2. The van der Waals surface area contributed by atoms with E-state index in [9.17, 15) is 14.9 Å². The largest absolute Gasteiger partial charge is 0.351 e. The Morgan fingerprint density at radius 1 is 1.45 bits per heavy atom. The number of hydrogen-bond acceptors (Lipinski definition) is 5. The van der Waals surface area contributed by atoms with Crippen molar-refractivity contribution in [2.45, 2.75) is 50.6 Å². The van der Waals surface area contributed by atoms with E-state index in [1.54, 1.807) is 6.07 Å². The quantitative estimate of drug-likeness (QED) is 0.866. The first-order valence-corrected chi connectivity index (χ1v) is 8.20. The van der Waals surface area contributed by atoms with Gasteiger partial charge in [0.25, 0.3) is 0 Å². The predicted octanol–water partition coefficient (Wildman–Crippen LogP) is 2.48.